The average Bonchev–Trinajstić information content (AvgIpc) is 2.78. The van der Waals surface area contributed by atoms with Crippen LogP contribution in [0.5, 0.6) is 0 Å². The van der Waals surface area contributed by atoms with E-state index in [1.807, 2.05) is 0 Å². The highest BCUT2D eigenvalue weighted by Gasteiger charge is 2.18. The molecule has 1 rings (SSSR count). The van der Waals surface area contributed by atoms with Gasteiger partial charge in [0, 0.05) is 12.5 Å². The summed E-state index contributed by atoms with van der Waals surface area (Å²) in [5.74, 6) is -1.07. The van der Waals surface area contributed by atoms with Crippen LogP contribution < -0.4 is 10.6 Å². The highest BCUT2D eigenvalue weighted by atomic mass is 16.5. The van der Waals surface area contributed by atoms with Crippen LogP contribution in [0.25, 0.3) is 0 Å². The maximum absolute atomic E-state index is 11.3. The first-order valence-electron chi connectivity index (χ1n) is 5.87. The van der Waals surface area contributed by atoms with Crippen molar-refractivity contribution in [1.82, 2.24) is 10.6 Å². The topological polar surface area (TPSA) is 84.5 Å². The molecule has 1 aliphatic carbocycles. The number of ether oxygens (including phenoxy) is 1. The zero-order valence-electron chi connectivity index (χ0n) is 9.95. The van der Waals surface area contributed by atoms with Gasteiger partial charge in [-0.25, -0.2) is 4.79 Å². The number of imide groups is 1. The number of urea groups is 1. The second-order valence-corrected chi connectivity index (χ2v) is 4.02. The van der Waals surface area contributed by atoms with E-state index in [9.17, 15) is 14.4 Å². The molecule has 0 aromatic heterocycles. The number of carbonyl (C=O) groups excluding carboxylic acids is 3. The molecule has 2 N–H and O–H groups in total. The van der Waals surface area contributed by atoms with E-state index in [-0.39, 0.29) is 12.5 Å². The maximum Gasteiger partial charge on any atom is 0.321 e. The summed E-state index contributed by atoms with van der Waals surface area (Å²) in [7, 11) is 0. The van der Waals surface area contributed by atoms with Crippen LogP contribution in [0, 0.1) is 0 Å². The minimum absolute atomic E-state index is 0.154. The van der Waals surface area contributed by atoms with Gasteiger partial charge in [-0.05, 0) is 12.8 Å². The lowest BCUT2D eigenvalue weighted by Gasteiger charge is -2.12. The lowest BCUT2D eigenvalue weighted by Crippen LogP contribution is -2.44. The Morgan fingerprint density at radius 1 is 1.24 bits per heavy atom. The molecule has 96 valence electrons. The molecule has 0 unspecified atom stereocenters. The third-order valence-corrected chi connectivity index (χ3v) is 2.60. The highest BCUT2D eigenvalue weighted by molar-refractivity contribution is 5.95. The SMILES string of the molecule is CCC(=O)OCC(=O)NC(=O)NC1CCCC1. The Balaban J connectivity index is 2.16. The van der Waals surface area contributed by atoms with Crippen LogP contribution in [0.4, 0.5) is 4.79 Å². The van der Waals surface area contributed by atoms with Crippen molar-refractivity contribution in [3.05, 3.63) is 0 Å². The van der Waals surface area contributed by atoms with Crippen molar-refractivity contribution < 1.29 is 19.1 Å². The summed E-state index contributed by atoms with van der Waals surface area (Å²) in [4.78, 5) is 33.3. The number of nitrogens with one attached hydrogen (secondary N) is 2. The van der Waals surface area contributed by atoms with E-state index in [2.05, 4.69) is 15.4 Å². The Hall–Kier alpha value is -1.59. The normalized spacial score (nSPS) is 15.4. The number of amides is 3. The van der Waals surface area contributed by atoms with Crippen molar-refractivity contribution in [1.29, 1.82) is 0 Å². The molecular formula is C11H18N2O4. The molecule has 0 aromatic rings. The quantitative estimate of drug-likeness (QED) is 0.711. The number of esters is 1. The molecule has 0 aromatic carbocycles. The van der Waals surface area contributed by atoms with Crippen LogP contribution in [0.1, 0.15) is 39.0 Å². The van der Waals surface area contributed by atoms with E-state index in [4.69, 9.17) is 0 Å². The summed E-state index contributed by atoms with van der Waals surface area (Å²) in [5.41, 5.74) is 0. The molecule has 3 amide bonds. The van der Waals surface area contributed by atoms with Crippen molar-refractivity contribution in [3.8, 4) is 0 Å². The second kappa shape index (κ2) is 6.88. The van der Waals surface area contributed by atoms with Gasteiger partial charge in [0.25, 0.3) is 5.91 Å². The van der Waals surface area contributed by atoms with Crippen LogP contribution >= 0.6 is 0 Å². The fourth-order valence-electron chi connectivity index (χ4n) is 1.70. The predicted molar refractivity (Wildman–Crippen MR) is 60.2 cm³/mol. The monoisotopic (exact) mass is 242 g/mol. The van der Waals surface area contributed by atoms with Crippen molar-refractivity contribution in [2.75, 3.05) is 6.61 Å². The number of rotatable bonds is 4. The van der Waals surface area contributed by atoms with Gasteiger partial charge in [0.05, 0.1) is 0 Å². The van der Waals surface area contributed by atoms with Crippen LogP contribution in [0.15, 0.2) is 0 Å². The fraction of sp³-hybridized carbons (Fsp3) is 0.727. The van der Waals surface area contributed by atoms with Crippen molar-refractivity contribution in [3.63, 3.8) is 0 Å². The first-order chi connectivity index (χ1) is 8.11. The summed E-state index contributed by atoms with van der Waals surface area (Å²) < 4.78 is 4.59. The Bertz CT molecular complexity index is 298. The molecule has 0 spiro atoms. The summed E-state index contributed by atoms with van der Waals surface area (Å²) in [6, 6.07) is -0.365. The maximum atomic E-state index is 11.3. The molecule has 6 nitrogen and oxygen atoms in total. The van der Waals surface area contributed by atoms with Gasteiger partial charge in [0.15, 0.2) is 6.61 Å². The molecule has 0 saturated heterocycles. The Labute approximate surface area is 100 Å². The molecule has 0 heterocycles. The van der Waals surface area contributed by atoms with Crippen molar-refractivity contribution in [2.45, 2.75) is 45.1 Å². The predicted octanol–water partition coefficient (Wildman–Crippen LogP) is 0.708. The van der Waals surface area contributed by atoms with Crippen LogP contribution in [-0.4, -0.2) is 30.6 Å². The summed E-state index contributed by atoms with van der Waals surface area (Å²) >= 11 is 0. The summed E-state index contributed by atoms with van der Waals surface area (Å²) in [5, 5.41) is 4.82. The Morgan fingerprint density at radius 3 is 2.47 bits per heavy atom. The summed E-state index contributed by atoms with van der Waals surface area (Å²) in [6.07, 6.45) is 4.32. The minimum Gasteiger partial charge on any atom is -0.456 e. The molecular weight excluding hydrogens is 224 g/mol. The van der Waals surface area contributed by atoms with Gasteiger partial charge < -0.3 is 10.1 Å². The molecule has 0 atom stereocenters. The van der Waals surface area contributed by atoms with E-state index >= 15 is 0 Å². The Morgan fingerprint density at radius 2 is 1.88 bits per heavy atom. The van der Waals surface area contributed by atoms with E-state index in [1.54, 1.807) is 6.92 Å². The second-order valence-electron chi connectivity index (χ2n) is 4.02. The molecule has 17 heavy (non-hydrogen) atoms. The number of hydrogen-bond donors (Lipinski definition) is 2. The Kier molecular flexibility index (Phi) is 5.45. The molecule has 1 aliphatic rings. The first-order valence-corrected chi connectivity index (χ1v) is 5.87. The molecule has 0 aliphatic heterocycles. The average molecular weight is 242 g/mol. The lowest BCUT2D eigenvalue weighted by molar-refractivity contribution is -0.147. The van der Waals surface area contributed by atoms with Crippen LogP contribution in [0.3, 0.4) is 0 Å². The highest BCUT2D eigenvalue weighted by Crippen LogP contribution is 2.17. The number of hydrogen-bond acceptors (Lipinski definition) is 4. The lowest BCUT2D eigenvalue weighted by atomic mass is 10.2. The van der Waals surface area contributed by atoms with Gasteiger partial charge in [-0.15, -0.1) is 0 Å². The molecule has 1 fully saturated rings. The smallest absolute Gasteiger partial charge is 0.321 e. The van der Waals surface area contributed by atoms with Crippen LogP contribution in [0.2, 0.25) is 0 Å². The van der Waals surface area contributed by atoms with Gasteiger partial charge in [-0.2, -0.15) is 0 Å². The standard InChI is InChI=1S/C11H18N2O4/c1-2-10(15)17-7-9(14)13-11(16)12-8-5-3-4-6-8/h8H,2-7H2,1H3,(H2,12,13,14,16). The molecule has 0 radical (unpaired) electrons. The van der Waals surface area contributed by atoms with Crippen molar-refractivity contribution in [2.24, 2.45) is 0 Å². The third kappa shape index (κ3) is 5.33. The summed E-state index contributed by atoms with van der Waals surface area (Å²) in [6.45, 7) is 1.22. The largest absolute Gasteiger partial charge is 0.456 e. The van der Waals surface area contributed by atoms with Crippen molar-refractivity contribution >= 4 is 17.9 Å². The van der Waals surface area contributed by atoms with E-state index < -0.39 is 24.5 Å². The van der Waals surface area contributed by atoms with Gasteiger partial charge in [0.1, 0.15) is 0 Å². The van der Waals surface area contributed by atoms with Gasteiger partial charge in [0.2, 0.25) is 0 Å². The fourth-order valence-corrected chi connectivity index (χ4v) is 1.70. The zero-order chi connectivity index (χ0) is 12.7. The number of carbonyl (C=O) groups is 3. The van der Waals surface area contributed by atoms with E-state index in [1.165, 1.54) is 0 Å². The van der Waals surface area contributed by atoms with Crippen LogP contribution in [-0.2, 0) is 14.3 Å². The molecule has 1 saturated carbocycles. The minimum atomic E-state index is -0.609. The van der Waals surface area contributed by atoms with E-state index in [0.29, 0.717) is 0 Å². The zero-order valence-corrected chi connectivity index (χ0v) is 9.95. The van der Waals surface area contributed by atoms with E-state index in [0.717, 1.165) is 25.7 Å². The van der Waals surface area contributed by atoms with Gasteiger partial charge in [-0.1, -0.05) is 19.8 Å². The van der Waals surface area contributed by atoms with Gasteiger partial charge in [-0.3, -0.25) is 14.9 Å². The molecule has 0 bridgehead atoms. The van der Waals surface area contributed by atoms with Gasteiger partial charge >= 0.3 is 12.0 Å². The third-order valence-electron chi connectivity index (χ3n) is 2.60. The first kappa shape index (κ1) is 13.5. The molecule has 6 heteroatoms.